The minimum atomic E-state index is -0.364. The summed E-state index contributed by atoms with van der Waals surface area (Å²) < 4.78 is 6.58. The third-order valence-corrected chi connectivity index (χ3v) is 4.72. The lowest BCUT2D eigenvalue weighted by atomic mass is 9.71. The fraction of sp³-hybridized carbons (Fsp3) is 0.533. The molecule has 0 radical (unpaired) electrons. The van der Waals surface area contributed by atoms with Gasteiger partial charge in [-0.1, -0.05) is 28.1 Å². The second kappa shape index (κ2) is 5.84. The number of hydrogen-bond acceptors (Lipinski definition) is 3. The first-order valence-corrected chi connectivity index (χ1v) is 7.89. The van der Waals surface area contributed by atoms with Crippen molar-refractivity contribution in [3.63, 3.8) is 0 Å². The number of carbonyl (C=O) groups excluding carboxylic acids is 1. The van der Waals surface area contributed by atoms with Crippen LogP contribution >= 0.6 is 15.9 Å². The Kier molecular flexibility index (Phi) is 4.10. The Morgan fingerprint density at radius 3 is 2.65 bits per heavy atom. The van der Waals surface area contributed by atoms with Crippen molar-refractivity contribution in [1.82, 2.24) is 10.6 Å². The molecule has 0 bridgehead atoms. The van der Waals surface area contributed by atoms with Crippen molar-refractivity contribution < 1.29 is 9.53 Å². The first-order valence-electron chi connectivity index (χ1n) is 7.10. The summed E-state index contributed by atoms with van der Waals surface area (Å²) in [6.45, 7) is 2.02. The van der Waals surface area contributed by atoms with E-state index in [9.17, 15) is 4.79 Å². The van der Waals surface area contributed by atoms with Crippen molar-refractivity contribution in [2.24, 2.45) is 0 Å². The maximum Gasteiger partial charge on any atom is 0.251 e. The van der Waals surface area contributed by atoms with E-state index >= 15 is 0 Å². The number of halogens is 1. The third-order valence-electron chi connectivity index (χ3n) is 4.19. The van der Waals surface area contributed by atoms with E-state index in [0.717, 1.165) is 30.3 Å². The van der Waals surface area contributed by atoms with E-state index < -0.39 is 0 Å². The van der Waals surface area contributed by atoms with Crippen LogP contribution in [0.3, 0.4) is 0 Å². The van der Waals surface area contributed by atoms with Crippen LogP contribution in [0.15, 0.2) is 28.7 Å². The maximum atomic E-state index is 12.4. The molecule has 2 N–H and O–H groups in total. The van der Waals surface area contributed by atoms with Gasteiger partial charge in [0.2, 0.25) is 0 Å². The van der Waals surface area contributed by atoms with Gasteiger partial charge in [0.05, 0.1) is 12.1 Å². The lowest BCUT2D eigenvalue weighted by Crippen LogP contribution is -2.56. The first-order chi connectivity index (χ1) is 9.70. The summed E-state index contributed by atoms with van der Waals surface area (Å²) >= 11 is 3.45. The molecule has 1 saturated heterocycles. The summed E-state index contributed by atoms with van der Waals surface area (Å²) in [5, 5.41) is 6.41. The second-order valence-electron chi connectivity index (χ2n) is 5.50. The molecule has 4 nitrogen and oxygen atoms in total. The minimum absolute atomic E-state index is 0.000168. The topological polar surface area (TPSA) is 50.4 Å². The molecule has 3 rings (SSSR count). The standard InChI is InChI=1S/C15H19BrN2O2/c16-12-4-2-11(3-5-12)15(6-1-7-15)18-14(19)13-10-17-8-9-20-13/h2-5,13,17H,1,6-10H2,(H,18,19). The number of benzene rings is 1. The van der Waals surface area contributed by atoms with Crippen LogP contribution < -0.4 is 10.6 Å². The van der Waals surface area contributed by atoms with E-state index in [0.29, 0.717) is 13.2 Å². The Hall–Kier alpha value is -0.910. The van der Waals surface area contributed by atoms with Gasteiger partial charge in [-0.05, 0) is 37.0 Å². The monoisotopic (exact) mass is 338 g/mol. The van der Waals surface area contributed by atoms with Crippen molar-refractivity contribution in [2.75, 3.05) is 19.7 Å². The summed E-state index contributed by atoms with van der Waals surface area (Å²) in [5.41, 5.74) is 0.988. The molecule has 108 valence electrons. The predicted molar refractivity (Wildman–Crippen MR) is 80.4 cm³/mol. The van der Waals surface area contributed by atoms with Gasteiger partial charge in [-0.2, -0.15) is 0 Å². The largest absolute Gasteiger partial charge is 0.366 e. The maximum absolute atomic E-state index is 12.4. The Balaban J connectivity index is 1.72. The van der Waals surface area contributed by atoms with Gasteiger partial charge >= 0.3 is 0 Å². The molecule has 1 aromatic carbocycles. The van der Waals surface area contributed by atoms with Crippen molar-refractivity contribution in [3.05, 3.63) is 34.3 Å². The fourth-order valence-electron chi connectivity index (χ4n) is 2.84. The molecule has 1 aliphatic carbocycles. The van der Waals surface area contributed by atoms with Crippen LogP contribution in [-0.4, -0.2) is 31.7 Å². The predicted octanol–water partition coefficient (Wildman–Crippen LogP) is 1.93. The number of morpholine rings is 1. The molecule has 2 aliphatic rings. The molecule has 0 aromatic heterocycles. The van der Waals surface area contributed by atoms with Crippen molar-refractivity contribution in [3.8, 4) is 0 Å². The number of hydrogen-bond donors (Lipinski definition) is 2. The van der Waals surface area contributed by atoms with Gasteiger partial charge in [-0.15, -0.1) is 0 Å². The Bertz CT molecular complexity index is 479. The highest BCUT2D eigenvalue weighted by Gasteiger charge is 2.41. The Labute approximate surface area is 127 Å². The zero-order chi connectivity index (χ0) is 14.0. The van der Waals surface area contributed by atoms with E-state index in [2.05, 4.69) is 38.7 Å². The normalized spacial score (nSPS) is 24.8. The lowest BCUT2D eigenvalue weighted by molar-refractivity contribution is -0.137. The smallest absolute Gasteiger partial charge is 0.251 e. The molecule has 5 heteroatoms. The molecule has 1 aliphatic heterocycles. The highest BCUT2D eigenvalue weighted by molar-refractivity contribution is 9.10. The number of ether oxygens (including phenoxy) is 1. The number of amides is 1. The molecule has 1 heterocycles. The highest BCUT2D eigenvalue weighted by Crippen LogP contribution is 2.41. The van der Waals surface area contributed by atoms with Gasteiger partial charge < -0.3 is 15.4 Å². The molecule has 1 amide bonds. The molecular weight excluding hydrogens is 320 g/mol. The molecule has 1 atom stereocenters. The zero-order valence-corrected chi connectivity index (χ0v) is 12.9. The number of carbonyl (C=O) groups is 1. The van der Waals surface area contributed by atoms with E-state index in [1.807, 2.05) is 12.1 Å². The summed E-state index contributed by atoms with van der Waals surface area (Å²) in [6.07, 6.45) is 2.79. The molecule has 20 heavy (non-hydrogen) atoms. The summed E-state index contributed by atoms with van der Waals surface area (Å²) in [5.74, 6) is -0.000168. The van der Waals surface area contributed by atoms with Gasteiger partial charge in [0.25, 0.3) is 5.91 Å². The van der Waals surface area contributed by atoms with Crippen LogP contribution in [-0.2, 0) is 15.1 Å². The number of nitrogens with one attached hydrogen (secondary N) is 2. The molecule has 1 saturated carbocycles. The molecule has 1 aromatic rings. The SMILES string of the molecule is O=C(NC1(c2ccc(Br)cc2)CCC1)C1CNCCO1. The van der Waals surface area contributed by atoms with Crippen LogP contribution in [0.4, 0.5) is 0 Å². The molecular formula is C15H19BrN2O2. The molecule has 2 fully saturated rings. The molecule has 1 unspecified atom stereocenters. The van der Waals surface area contributed by atoms with Gasteiger partial charge in [0.15, 0.2) is 0 Å². The average Bonchev–Trinajstić information content (AvgIpc) is 2.45. The fourth-order valence-corrected chi connectivity index (χ4v) is 3.10. The van der Waals surface area contributed by atoms with Gasteiger partial charge in [-0.3, -0.25) is 4.79 Å². The van der Waals surface area contributed by atoms with Gasteiger partial charge in [0.1, 0.15) is 6.10 Å². The number of rotatable bonds is 3. The van der Waals surface area contributed by atoms with E-state index in [1.54, 1.807) is 0 Å². The second-order valence-corrected chi connectivity index (χ2v) is 6.41. The lowest BCUT2D eigenvalue weighted by Gasteiger charge is -2.44. The summed E-state index contributed by atoms with van der Waals surface area (Å²) in [7, 11) is 0. The van der Waals surface area contributed by atoms with Crippen molar-refractivity contribution >= 4 is 21.8 Å². The zero-order valence-electron chi connectivity index (χ0n) is 11.3. The van der Waals surface area contributed by atoms with Crippen LogP contribution in [0.2, 0.25) is 0 Å². The van der Waals surface area contributed by atoms with E-state index in [-0.39, 0.29) is 17.6 Å². The summed E-state index contributed by atoms with van der Waals surface area (Å²) in [4.78, 5) is 12.4. The van der Waals surface area contributed by atoms with Crippen LogP contribution in [0, 0.1) is 0 Å². The highest BCUT2D eigenvalue weighted by atomic mass is 79.9. The van der Waals surface area contributed by atoms with E-state index in [4.69, 9.17) is 4.74 Å². The minimum Gasteiger partial charge on any atom is -0.366 e. The van der Waals surface area contributed by atoms with Crippen LogP contribution in [0.25, 0.3) is 0 Å². The molecule has 0 spiro atoms. The Morgan fingerprint density at radius 1 is 1.35 bits per heavy atom. The van der Waals surface area contributed by atoms with E-state index in [1.165, 1.54) is 5.56 Å². The van der Waals surface area contributed by atoms with Crippen molar-refractivity contribution in [2.45, 2.75) is 30.9 Å². The average molecular weight is 339 g/mol. The van der Waals surface area contributed by atoms with Crippen LogP contribution in [0.1, 0.15) is 24.8 Å². The van der Waals surface area contributed by atoms with Gasteiger partial charge in [0, 0.05) is 17.6 Å². The van der Waals surface area contributed by atoms with Crippen molar-refractivity contribution in [1.29, 1.82) is 0 Å². The quantitative estimate of drug-likeness (QED) is 0.885. The Morgan fingerprint density at radius 2 is 2.10 bits per heavy atom. The first kappa shape index (κ1) is 14.0. The third kappa shape index (κ3) is 2.75. The van der Waals surface area contributed by atoms with Gasteiger partial charge in [-0.25, -0.2) is 0 Å². The summed E-state index contributed by atoms with van der Waals surface area (Å²) in [6, 6.07) is 8.23. The van der Waals surface area contributed by atoms with Crippen LogP contribution in [0.5, 0.6) is 0 Å².